The Morgan fingerprint density at radius 3 is 2.43 bits per heavy atom. The number of nitrogens with zero attached hydrogens (tertiary/aromatic N) is 1. The Bertz CT molecular complexity index is 612. The number of sulfonamides is 1. The second kappa shape index (κ2) is 7.11. The maximum absolute atomic E-state index is 11.9. The molecule has 1 atom stereocenters. The Balaban J connectivity index is 2.76. The van der Waals surface area contributed by atoms with Gasteiger partial charge in [0.1, 0.15) is 0 Å². The largest absolute Gasteiger partial charge is 0.481 e. The van der Waals surface area contributed by atoms with E-state index in [0.717, 1.165) is 24.3 Å². The van der Waals surface area contributed by atoms with E-state index in [-0.39, 0.29) is 23.5 Å². The maximum atomic E-state index is 11.9. The summed E-state index contributed by atoms with van der Waals surface area (Å²) in [5.74, 6) is -1.11. The summed E-state index contributed by atoms with van der Waals surface area (Å²) < 4.78 is 30.9. The molecule has 0 aliphatic rings. The SMILES string of the molecule is COC(CNS(=O)(=O)c1ccc([N+](=O)[O-])cc1)CC(=O)O. The number of carboxylic acids is 1. The maximum Gasteiger partial charge on any atom is 0.306 e. The van der Waals surface area contributed by atoms with Crippen LogP contribution in [-0.4, -0.2) is 44.2 Å². The van der Waals surface area contributed by atoms with Crippen LogP contribution in [0.3, 0.4) is 0 Å². The van der Waals surface area contributed by atoms with E-state index < -0.39 is 27.0 Å². The molecule has 2 N–H and O–H groups in total. The third kappa shape index (κ3) is 5.10. The highest BCUT2D eigenvalue weighted by Crippen LogP contribution is 2.15. The molecular formula is C11H14N2O7S. The lowest BCUT2D eigenvalue weighted by Crippen LogP contribution is -2.34. The molecule has 0 spiro atoms. The lowest BCUT2D eigenvalue weighted by Gasteiger charge is -2.14. The van der Waals surface area contributed by atoms with Crippen molar-refractivity contribution in [2.75, 3.05) is 13.7 Å². The first-order chi connectivity index (χ1) is 9.76. The van der Waals surface area contributed by atoms with Gasteiger partial charge in [0.25, 0.3) is 5.69 Å². The number of carbonyl (C=O) groups is 1. The summed E-state index contributed by atoms with van der Waals surface area (Å²) in [6.45, 7) is -0.220. The lowest BCUT2D eigenvalue weighted by molar-refractivity contribution is -0.384. The van der Waals surface area contributed by atoms with Crippen molar-refractivity contribution < 1.29 is 28.0 Å². The Hall–Kier alpha value is -2.04. The molecule has 1 aromatic rings. The fourth-order valence-corrected chi connectivity index (χ4v) is 2.53. The van der Waals surface area contributed by atoms with Crippen molar-refractivity contribution in [3.8, 4) is 0 Å². The van der Waals surface area contributed by atoms with Crippen LogP contribution >= 0.6 is 0 Å². The van der Waals surface area contributed by atoms with E-state index >= 15 is 0 Å². The molecule has 0 saturated carbocycles. The number of non-ortho nitro benzene ring substituents is 1. The number of aliphatic carboxylic acids is 1. The zero-order valence-corrected chi connectivity index (χ0v) is 11.9. The minimum Gasteiger partial charge on any atom is -0.481 e. The topological polar surface area (TPSA) is 136 Å². The number of nitro groups is 1. The molecule has 0 aliphatic carbocycles. The van der Waals surface area contributed by atoms with E-state index in [2.05, 4.69) is 4.72 Å². The van der Waals surface area contributed by atoms with Crippen LogP contribution in [0.15, 0.2) is 29.2 Å². The van der Waals surface area contributed by atoms with Gasteiger partial charge < -0.3 is 9.84 Å². The average molecular weight is 318 g/mol. The smallest absolute Gasteiger partial charge is 0.306 e. The average Bonchev–Trinajstić information content (AvgIpc) is 2.43. The van der Waals surface area contributed by atoms with Gasteiger partial charge in [0.05, 0.1) is 22.3 Å². The highest BCUT2D eigenvalue weighted by molar-refractivity contribution is 7.89. The summed E-state index contributed by atoms with van der Waals surface area (Å²) in [6.07, 6.45) is -1.16. The molecule has 0 saturated heterocycles. The second-order valence-electron chi connectivity index (χ2n) is 4.06. The molecule has 0 aliphatic heterocycles. The number of hydrogen-bond donors (Lipinski definition) is 2. The van der Waals surface area contributed by atoms with Crippen molar-refractivity contribution in [3.05, 3.63) is 34.4 Å². The molecule has 0 heterocycles. The molecule has 9 nitrogen and oxygen atoms in total. The number of nitrogens with one attached hydrogen (secondary N) is 1. The first-order valence-corrected chi connectivity index (χ1v) is 7.23. The predicted molar refractivity (Wildman–Crippen MR) is 71.3 cm³/mol. The van der Waals surface area contributed by atoms with Gasteiger partial charge in [-0.2, -0.15) is 0 Å². The number of methoxy groups -OCH3 is 1. The van der Waals surface area contributed by atoms with E-state index in [0.29, 0.717) is 0 Å². The summed E-state index contributed by atoms with van der Waals surface area (Å²) in [5.41, 5.74) is -0.227. The van der Waals surface area contributed by atoms with Crippen LogP contribution in [0.25, 0.3) is 0 Å². The molecule has 10 heteroatoms. The molecule has 0 amide bonds. The summed E-state index contributed by atoms with van der Waals surface area (Å²) in [7, 11) is -2.62. The molecule has 0 aromatic heterocycles. The molecule has 0 fully saturated rings. The van der Waals surface area contributed by atoms with E-state index in [9.17, 15) is 23.3 Å². The molecular weight excluding hydrogens is 304 g/mol. The molecule has 0 bridgehead atoms. The van der Waals surface area contributed by atoms with Crippen LogP contribution in [0.4, 0.5) is 5.69 Å². The summed E-state index contributed by atoms with van der Waals surface area (Å²) >= 11 is 0. The van der Waals surface area contributed by atoms with Crippen molar-refractivity contribution in [1.82, 2.24) is 4.72 Å². The summed E-state index contributed by atoms with van der Waals surface area (Å²) in [6, 6.07) is 4.33. The third-order valence-corrected chi connectivity index (χ3v) is 4.03. The van der Waals surface area contributed by atoms with Gasteiger partial charge in [-0.25, -0.2) is 13.1 Å². The molecule has 21 heavy (non-hydrogen) atoms. The number of hydrogen-bond acceptors (Lipinski definition) is 6. The van der Waals surface area contributed by atoms with Gasteiger partial charge >= 0.3 is 5.97 Å². The van der Waals surface area contributed by atoms with E-state index in [1.807, 2.05) is 0 Å². The third-order valence-electron chi connectivity index (χ3n) is 2.59. The van der Waals surface area contributed by atoms with E-state index in [4.69, 9.17) is 9.84 Å². The molecule has 0 radical (unpaired) electrons. The Morgan fingerprint density at radius 2 is 2.00 bits per heavy atom. The fraction of sp³-hybridized carbons (Fsp3) is 0.364. The molecule has 1 aromatic carbocycles. The Labute approximate surface area is 120 Å². The van der Waals surface area contributed by atoms with Gasteiger partial charge in [0, 0.05) is 25.8 Å². The van der Waals surface area contributed by atoms with Crippen molar-refractivity contribution in [3.63, 3.8) is 0 Å². The van der Waals surface area contributed by atoms with Crippen LogP contribution in [0.2, 0.25) is 0 Å². The quantitative estimate of drug-likeness (QED) is 0.521. The molecule has 1 unspecified atom stereocenters. The predicted octanol–water partition coefficient (Wildman–Crippen LogP) is 0.363. The van der Waals surface area contributed by atoms with Crippen LogP contribution in [0.1, 0.15) is 6.42 Å². The number of nitro benzene ring substituents is 1. The normalized spacial score (nSPS) is 12.8. The van der Waals surface area contributed by atoms with Crippen LogP contribution in [-0.2, 0) is 19.6 Å². The minimum absolute atomic E-state index is 0.154. The highest BCUT2D eigenvalue weighted by Gasteiger charge is 2.19. The first kappa shape index (κ1) is 17.0. The summed E-state index contributed by atoms with van der Waals surface area (Å²) in [4.78, 5) is 20.2. The standard InChI is InChI=1S/C11H14N2O7S/c1-20-9(6-11(14)15)7-12-21(18,19)10-4-2-8(3-5-10)13(16)17/h2-5,9,12H,6-7H2,1H3,(H,14,15). The minimum atomic E-state index is -3.89. The Kier molecular flexibility index (Phi) is 5.76. The van der Waals surface area contributed by atoms with Crippen molar-refractivity contribution >= 4 is 21.7 Å². The van der Waals surface area contributed by atoms with Gasteiger partial charge in [0.15, 0.2) is 0 Å². The van der Waals surface area contributed by atoms with Gasteiger partial charge in [0.2, 0.25) is 10.0 Å². The Morgan fingerprint density at radius 1 is 1.43 bits per heavy atom. The van der Waals surface area contributed by atoms with Gasteiger partial charge in [-0.1, -0.05) is 0 Å². The van der Waals surface area contributed by atoms with Crippen molar-refractivity contribution in [2.24, 2.45) is 0 Å². The monoisotopic (exact) mass is 318 g/mol. The molecule has 116 valence electrons. The van der Waals surface area contributed by atoms with Crippen LogP contribution in [0, 0.1) is 10.1 Å². The van der Waals surface area contributed by atoms with Crippen molar-refractivity contribution in [1.29, 1.82) is 0 Å². The van der Waals surface area contributed by atoms with Crippen LogP contribution < -0.4 is 4.72 Å². The van der Waals surface area contributed by atoms with E-state index in [1.54, 1.807) is 0 Å². The number of benzene rings is 1. The lowest BCUT2D eigenvalue weighted by atomic mass is 10.2. The van der Waals surface area contributed by atoms with Gasteiger partial charge in [-0.3, -0.25) is 14.9 Å². The van der Waals surface area contributed by atoms with Gasteiger partial charge in [-0.15, -0.1) is 0 Å². The highest BCUT2D eigenvalue weighted by atomic mass is 32.2. The zero-order chi connectivity index (χ0) is 16.0. The zero-order valence-electron chi connectivity index (χ0n) is 11.1. The molecule has 1 rings (SSSR count). The second-order valence-corrected chi connectivity index (χ2v) is 5.83. The first-order valence-electron chi connectivity index (χ1n) is 5.75. The van der Waals surface area contributed by atoms with Crippen molar-refractivity contribution in [2.45, 2.75) is 17.4 Å². The number of rotatable bonds is 8. The van der Waals surface area contributed by atoms with E-state index in [1.165, 1.54) is 7.11 Å². The number of carboxylic acid groups (broad SMARTS) is 1. The fourth-order valence-electron chi connectivity index (χ4n) is 1.47. The number of ether oxygens (including phenoxy) is 1. The van der Waals surface area contributed by atoms with Gasteiger partial charge in [-0.05, 0) is 12.1 Å². The van der Waals surface area contributed by atoms with Crippen LogP contribution in [0.5, 0.6) is 0 Å². The summed E-state index contributed by atoms with van der Waals surface area (Å²) in [5, 5.41) is 19.1.